The Morgan fingerprint density at radius 3 is 1.42 bits per heavy atom. The van der Waals surface area contributed by atoms with Gasteiger partial charge in [-0.05, 0) is 44.7 Å². The second kappa shape index (κ2) is 31.0. The third-order valence-electron chi connectivity index (χ3n) is 17.8. The molecule has 5 aromatic carbocycles. The van der Waals surface area contributed by atoms with Crippen LogP contribution >= 0.6 is 0 Å². The van der Waals surface area contributed by atoms with Crippen molar-refractivity contribution in [2.45, 2.75) is 204 Å². The van der Waals surface area contributed by atoms with Crippen molar-refractivity contribution < 1.29 is 80.1 Å². The van der Waals surface area contributed by atoms with Crippen molar-refractivity contribution in [2.24, 2.45) is 0 Å². The van der Waals surface area contributed by atoms with Crippen molar-refractivity contribution in [3.05, 3.63) is 168 Å². The smallest absolute Gasteiger partial charge is 0.303 e. The van der Waals surface area contributed by atoms with E-state index in [0.717, 1.165) is 27.1 Å². The Labute approximate surface area is 543 Å². The van der Waals surface area contributed by atoms with Crippen molar-refractivity contribution in [1.82, 2.24) is 16.0 Å². The van der Waals surface area contributed by atoms with E-state index in [1.807, 2.05) is 127 Å². The predicted molar refractivity (Wildman–Crippen MR) is 348 cm³/mol. The number of ether oxygens (including phenoxy) is 11. The Balaban J connectivity index is 1.16. The van der Waals surface area contributed by atoms with Gasteiger partial charge < -0.3 is 76.9 Å². The van der Waals surface area contributed by atoms with Crippen LogP contribution in [0.3, 0.4) is 0 Å². The molecule has 4 aliphatic heterocycles. The molecule has 4 saturated heterocycles. The highest BCUT2D eigenvalue weighted by atomic mass is 28.4. The first kappa shape index (κ1) is 70.3. The lowest BCUT2D eigenvalue weighted by Gasteiger charge is -2.53. The molecule has 3 amide bonds. The van der Waals surface area contributed by atoms with E-state index >= 15 is 0 Å². The molecule has 4 heterocycles. The molecular formula is C70H93N3O17Si2. The average Bonchev–Trinajstić information content (AvgIpc) is 0.760. The molecule has 3 N–H and O–H groups in total. The molecule has 0 aromatic heterocycles. The number of carbonyl (C=O) groups excluding carboxylic acids is 4. The van der Waals surface area contributed by atoms with Crippen LogP contribution in [0.15, 0.2) is 152 Å². The number of hydrogen-bond donors (Lipinski definition) is 3. The fourth-order valence-corrected chi connectivity index (χ4v) is 18.0. The summed E-state index contributed by atoms with van der Waals surface area (Å²) in [6.07, 6.45) is -14.7. The van der Waals surface area contributed by atoms with Gasteiger partial charge in [0.25, 0.3) is 8.32 Å². The second-order valence-corrected chi connectivity index (χ2v) is 35.7. The van der Waals surface area contributed by atoms with Gasteiger partial charge in [-0.25, -0.2) is 0 Å². The average molecular weight is 1300 g/mol. The van der Waals surface area contributed by atoms with Crippen LogP contribution in [-0.2, 0) is 93.3 Å². The minimum Gasteiger partial charge on any atom is -0.457 e. The van der Waals surface area contributed by atoms with Crippen LogP contribution in [0.1, 0.15) is 92.2 Å². The number of methoxy groups -OCH3 is 1. The third kappa shape index (κ3) is 16.9. The van der Waals surface area contributed by atoms with E-state index in [4.69, 9.17) is 61.0 Å². The van der Waals surface area contributed by atoms with Gasteiger partial charge in [0.15, 0.2) is 39.6 Å². The Hall–Kier alpha value is -6.07. The molecule has 0 aliphatic carbocycles. The minimum absolute atomic E-state index is 0.00401. The first-order chi connectivity index (χ1) is 43.9. The zero-order valence-corrected chi connectivity index (χ0v) is 57.1. The van der Waals surface area contributed by atoms with E-state index in [1.54, 1.807) is 0 Å². The van der Waals surface area contributed by atoms with Crippen LogP contribution in [0.4, 0.5) is 0 Å². The van der Waals surface area contributed by atoms with Crippen molar-refractivity contribution >= 4 is 50.7 Å². The van der Waals surface area contributed by atoms with Gasteiger partial charge in [0, 0.05) is 40.4 Å². The van der Waals surface area contributed by atoms with E-state index in [9.17, 15) is 19.2 Å². The molecule has 20 nitrogen and oxygen atoms in total. The van der Waals surface area contributed by atoms with Gasteiger partial charge in [-0.2, -0.15) is 0 Å². The Bertz CT molecular complexity index is 3130. The summed E-state index contributed by atoms with van der Waals surface area (Å²) in [7, 11) is -4.52. The lowest BCUT2D eigenvalue weighted by atomic mass is 9.92. The molecule has 4 fully saturated rings. The SMILES string of the molecule is CO[C@H]1O[C@@H](CO[Si](c2ccccc2)(c2ccccc2)C(C)(C)C)[C@@H](OC(C)=O)[C@@H](O[C@@H]2O[C@H](CO[Si](C)(C)C(C)(C)C)[C@@H](O[C@@H]3O[C@@H]4CO[C@@H](c5ccccc5)O[C@H]4[C@H](OCc4ccccc4)[C@H]3NC(C)=O)[C@H](OCc3ccccc3)[C@@H]2NC(C)=O)[C@@H]1NC(C)=O. The van der Waals surface area contributed by atoms with Gasteiger partial charge in [-0.15, -0.1) is 0 Å². The van der Waals surface area contributed by atoms with Gasteiger partial charge >= 0.3 is 5.97 Å². The third-order valence-corrected chi connectivity index (χ3v) is 27.3. The molecular weight excluding hydrogens is 1210 g/mol. The van der Waals surface area contributed by atoms with Crippen molar-refractivity contribution in [1.29, 1.82) is 0 Å². The molecule has 92 heavy (non-hydrogen) atoms. The highest BCUT2D eigenvalue weighted by Gasteiger charge is 2.59. The largest absolute Gasteiger partial charge is 0.457 e. The zero-order valence-electron chi connectivity index (χ0n) is 55.1. The Morgan fingerprint density at radius 1 is 0.500 bits per heavy atom. The second-order valence-electron chi connectivity index (χ2n) is 26.6. The molecule has 4 aliphatic rings. The van der Waals surface area contributed by atoms with E-state index < -0.39 is 144 Å². The zero-order chi connectivity index (χ0) is 66.0. The first-order valence-corrected chi connectivity index (χ1v) is 36.5. The molecule has 16 atom stereocenters. The maximum absolute atomic E-state index is 14.0. The summed E-state index contributed by atoms with van der Waals surface area (Å²) in [4.78, 5) is 55.0. The van der Waals surface area contributed by atoms with E-state index in [1.165, 1.54) is 34.8 Å². The van der Waals surface area contributed by atoms with Crippen LogP contribution in [-0.4, -0.2) is 159 Å². The molecule has 0 bridgehead atoms. The number of esters is 1. The number of hydrogen-bond acceptors (Lipinski definition) is 17. The number of nitrogens with one attached hydrogen (secondary N) is 3. The fourth-order valence-electron chi connectivity index (χ4n) is 12.4. The van der Waals surface area contributed by atoms with E-state index in [2.05, 4.69) is 94.9 Å². The summed E-state index contributed by atoms with van der Waals surface area (Å²) in [6.45, 7) is 22.4. The molecule has 5 aromatic rings. The number of fused-ring (bicyclic) bond motifs is 1. The van der Waals surface area contributed by atoms with Crippen LogP contribution in [0.5, 0.6) is 0 Å². The van der Waals surface area contributed by atoms with Gasteiger partial charge in [0.2, 0.25) is 17.7 Å². The van der Waals surface area contributed by atoms with Gasteiger partial charge in [0.05, 0.1) is 33.0 Å². The topological polar surface area (TPSA) is 224 Å². The highest BCUT2D eigenvalue weighted by Crippen LogP contribution is 2.43. The van der Waals surface area contributed by atoms with Crippen LogP contribution in [0.25, 0.3) is 0 Å². The number of amides is 3. The molecule has 0 radical (unpaired) electrons. The van der Waals surface area contributed by atoms with Crippen LogP contribution in [0, 0.1) is 0 Å². The Morgan fingerprint density at radius 2 is 0.935 bits per heavy atom. The molecule has 498 valence electrons. The standard InChI is InChI=1S/C70H93N3O17Si2/c1-44(74)71-56-62(79-39-48-29-19-14-20-30-48)59-53(41-81-65(88-59)50-33-23-16-24-34-50)86-67(56)89-60-54(42-82-91(12,13)69(5,6)7)87-68(57(72-45(2)75)63(60)80-40-49-31-21-15-22-32-49)90-64-58(73-46(3)76)66(78-11)85-55(61(64)84-47(4)77)43-83-92(70(8,9)10,51-35-25-17-26-36-51)52-37-27-18-28-38-52/h14-38,53-68H,39-43H2,1-13H3,(H,71,74)(H,72,75)(H,73,76)/t53-,54-,55+,56-,57+,58+,59-,60-,61-,62-,63-,64+,65-,66+,67+,68+/m1/s1. The summed E-state index contributed by atoms with van der Waals surface area (Å²) in [5, 5.41) is 10.5. The highest BCUT2D eigenvalue weighted by molar-refractivity contribution is 6.99. The summed E-state index contributed by atoms with van der Waals surface area (Å²) in [6, 6.07) is 45.4. The minimum atomic E-state index is -3.30. The molecule has 0 spiro atoms. The molecule has 9 rings (SSSR count). The molecule has 0 saturated carbocycles. The van der Waals surface area contributed by atoms with Gasteiger partial charge in [0.1, 0.15) is 67.0 Å². The van der Waals surface area contributed by atoms with Crippen LogP contribution in [0.2, 0.25) is 23.2 Å². The fraction of sp³-hybridized carbons (Fsp3) is 0.514. The molecule has 0 unspecified atom stereocenters. The lowest BCUT2D eigenvalue weighted by molar-refractivity contribution is -0.375. The van der Waals surface area contributed by atoms with Gasteiger partial charge in [-0.1, -0.05) is 193 Å². The monoisotopic (exact) mass is 1300 g/mol. The number of carbonyl (C=O) groups is 4. The molecule has 22 heteroatoms. The van der Waals surface area contributed by atoms with E-state index in [-0.39, 0.29) is 38.1 Å². The summed E-state index contributed by atoms with van der Waals surface area (Å²) < 4.78 is 90.3. The maximum atomic E-state index is 14.0. The predicted octanol–water partition coefficient (Wildman–Crippen LogP) is 7.91. The summed E-state index contributed by atoms with van der Waals surface area (Å²) in [5.74, 6) is -2.05. The Kier molecular flexibility index (Phi) is 23.7. The van der Waals surface area contributed by atoms with Crippen molar-refractivity contribution in [3.8, 4) is 0 Å². The first-order valence-electron chi connectivity index (χ1n) is 31.7. The number of rotatable bonds is 24. The number of benzene rings is 5. The quantitative estimate of drug-likeness (QED) is 0.0394. The van der Waals surface area contributed by atoms with Crippen molar-refractivity contribution in [2.75, 3.05) is 26.9 Å². The lowest BCUT2D eigenvalue weighted by Crippen LogP contribution is -2.72. The summed E-state index contributed by atoms with van der Waals surface area (Å²) in [5.41, 5.74) is 2.44. The summed E-state index contributed by atoms with van der Waals surface area (Å²) >= 11 is 0. The van der Waals surface area contributed by atoms with Gasteiger partial charge in [-0.3, -0.25) is 19.2 Å². The maximum Gasteiger partial charge on any atom is 0.303 e. The van der Waals surface area contributed by atoms with Crippen molar-refractivity contribution in [3.63, 3.8) is 0 Å². The van der Waals surface area contributed by atoms with Crippen LogP contribution < -0.4 is 26.3 Å². The van der Waals surface area contributed by atoms with E-state index in [0.29, 0.717) is 0 Å². The normalized spacial score (nSPS) is 28.7.